The van der Waals surface area contributed by atoms with Gasteiger partial charge >= 0.3 is 0 Å². The minimum absolute atomic E-state index is 0.604. The third-order valence-electron chi connectivity index (χ3n) is 3.27. The van der Waals surface area contributed by atoms with Gasteiger partial charge in [-0.15, -0.1) is 0 Å². The standard InChI is InChI=1S/C12H20N4S/c1-3-16(4-2)11-9-5-7-13-8-6-10(9)14-12(17)15-11/h13H,3-8H2,1-2H3,(H,14,15,17). The van der Waals surface area contributed by atoms with E-state index in [1.807, 2.05) is 0 Å². The molecule has 2 heterocycles. The highest BCUT2D eigenvalue weighted by Gasteiger charge is 2.16. The van der Waals surface area contributed by atoms with Gasteiger partial charge in [0.2, 0.25) is 0 Å². The Labute approximate surface area is 107 Å². The first kappa shape index (κ1) is 12.5. The van der Waals surface area contributed by atoms with Crippen molar-refractivity contribution < 1.29 is 0 Å². The Kier molecular flexibility index (Phi) is 4.12. The van der Waals surface area contributed by atoms with Crippen LogP contribution < -0.4 is 10.2 Å². The highest BCUT2D eigenvalue weighted by Crippen LogP contribution is 2.22. The molecule has 1 aromatic rings. The van der Waals surface area contributed by atoms with Crippen LogP contribution in [0, 0.1) is 4.77 Å². The summed E-state index contributed by atoms with van der Waals surface area (Å²) in [6, 6.07) is 0. The van der Waals surface area contributed by atoms with Crippen LogP contribution in [0.25, 0.3) is 0 Å². The van der Waals surface area contributed by atoms with Gasteiger partial charge in [0, 0.05) is 37.3 Å². The molecule has 0 amide bonds. The molecule has 0 saturated heterocycles. The average molecular weight is 252 g/mol. The van der Waals surface area contributed by atoms with Crippen LogP contribution in [-0.4, -0.2) is 36.1 Å². The van der Waals surface area contributed by atoms with E-state index in [1.165, 1.54) is 11.3 Å². The van der Waals surface area contributed by atoms with Crippen LogP contribution in [0.2, 0.25) is 0 Å². The van der Waals surface area contributed by atoms with E-state index in [-0.39, 0.29) is 0 Å². The van der Waals surface area contributed by atoms with Crippen molar-refractivity contribution in [3.05, 3.63) is 16.0 Å². The molecule has 0 aromatic carbocycles. The van der Waals surface area contributed by atoms with Gasteiger partial charge in [0.05, 0.1) is 0 Å². The molecular formula is C12H20N4S. The zero-order chi connectivity index (χ0) is 12.3. The summed E-state index contributed by atoms with van der Waals surface area (Å²) in [6.07, 6.45) is 2.04. The zero-order valence-electron chi connectivity index (χ0n) is 10.5. The van der Waals surface area contributed by atoms with Crippen molar-refractivity contribution in [2.75, 3.05) is 31.1 Å². The summed E-state index contributed by atoms with van der Waals surface area (Å²) in [6.45, 7) is 8.30. The van der Waals surface area contributed by atoms with E-state index in [0.29, 0.717) is 4.77 Å². The van der Waals surface area contributed by atoms with E-state index < -0.39 is 0 Å². The van der Waals surface area contributed by atoms with E-state index in [9.17, 15) is 0 Å². The Bertz CT molecular complexity index is 437. The lowest BCUT2D eigenvalue weighted by Gasteiger charge is -2.23. The predicted octanol–water partition coefficient (Wildman–Crippen LogP) is 1.67. The molecule has 17 heavy (non-hydrogen) atoms. The number of rotatable bonds is 3. The Morgan fingerprint density at radius 1 is 1.24 bits per heavy atom. The molecule has 1 aliphatic rings. The third kappa shape index (κ3) is 2.66. The minimum atomic E-state index is 0.604. The van der Waals surface area contributed by atoms with Crippen molar-refractivity contribution in [3.63, 3.8) is 0 Å². The Morgan fingerprint density at radius 3 is 2.65 bits per heavy atom. The molecule has 4 nitrogen and oxygen atoms in total. The van der Waals surface area contributed by atoms with Crippen LogP contribution in [0.5, 0.6) is 0 Å². The number of nitrogens with zero attached hydrogens (tertiary/aromatic N) is 2. The van der Waals surface area contributed by atoms with Gasteiger partial charge in [-0.2, -0.15) is 0 Å². The van der Waals surface area contributed by atoms with Gasteiger partial charge in [0.25, 0.3) is 0 Å². The summed E-state index contributed by atoms with van der Waals surface area (Å²) in [7, 11) is 0. The summed E-state index contributed by atoms with van der Waals surface area (Å²) >= 11 is 5.23. The van der Waals surface area contributed by atoms with Crippen LogP contribution >= 0.6 is 12.2 Å². The molecule has 0 saturated carbocycles. The van der Waals surface area contributed by atoms with Crippen LogP contribution in [0.15, 0.2) is 0 Å². The van der Waals surface area contributed by atoms with Crippen molar-refractivity contribution in [2.24, 2.45) is 0 Å². The Hall–Kier alpha value is -0.940. The summed E-state index contributed by atoms with van der Waals surface area (Å²) in [5.74, 6) is 1.08. The number of H-pyrrole nitrogens is 1. The first-order valence-corrected chi connectivity index (χ1v) is 6.74. The normalized spacial score (nSPS) is 15.2. The number of aromatic amines is 1. The van der Waals surface area contributed by atoms with E-state index in [0.717, 1.165) is 44.8 Å². The van der Waals surface area contributed by atoms with Crippen molar-refractivity contribution in [3.8, 4) is 0 Å². The smallest absolute Gasteiger partial charge is 0.198 e. The predicted molar refractivity (Wildman–Crippen MR) is 73.3 cm³/mol. The van der Waals surface area contributed by atoms with Gasteiger partial charge in [0.1, 0.15) is 5.82 Å². The van der Waals surface area contributed by atoms with Crippen LogP contribution in [0.4, 0.5) is 5.82 Å². The van der Waals surface area contributed by atoms with Gasteiger partial charge in [-0.3, -0.25) is 0 Å². The second kappa shape index (κ2) is 5.60. The first-order valence-electron chi connectivity index (χ1n) is 6.34. The average Bonchev–Trinajstić information content (AvgIpc) is 2.55. The lowest BCUT2D eigenvalue weighted by Crippen LogP contribution is -2.25. The molecule has 0 fully saturated rings. The molecule has 0 unspecified atom stereocenters. The molecule has 1 aliphatic heterocycles. The number of fused-ring (bicyclic) bond motifs is 1. The monoisotopic (exact) mass is 252 g/mol. The second-order valence-electron chi connectivity index (χ2n) is 4.24. The van der Waals surface area contributed by atoms with E-state index in [1.54, 1.807) is 0 Å². The van der Waals surface area contributed by atoms with Crippen LogP contribution in [0.1, 0.15) is 25.1 Å². The maximum Gasteiger partial charge on any atom is 0.198 e. The molecule has 0 spiro atoms. The first-order chi connectivity index (χ1) is 8.26. The third-order valence-corrected chi connectivity index (χ3v) is 3.46. The van der Waals surface area contributed by atoms with Gasteiger partial charge < -0.3 is 15.2 Å². The van der Waals surface area contributed by atoms with E-state index >= 15 is 0 Å². The quantitative estimate of drug-likeness (QED) is 0.803. The lowest BCUT2D eigenvalue weighted by molar-refractivity contribution is 0.707. The molecule has 0 bridgehead atoms. The second-order valence-corrected chi connectivity index (χ2v) is 4.63. The molecule has 2 N–H and O–H groups in total. The number of hydrogen-bond donors (Lipinski definition) is 2. The van der Waals surface area contributed by atoms with Crippen LogP contribution in [0.3, 0.4) is 0 Å². The van der Waals surface area contributed by atoms with Gasteiger partial charge in [-0.1, -0.05) is 0 Å². The molecule has 94 valence electrons. The highest BCUT2D eigenvalue weighted by atomic mass is 32.1. The minimum Gasteiger partial charge on any atom is -0.357 e. The topological polar surface area (TPSA) is 44.0 Å². The number of aromatic nitrogens is 2. The Balaban J connectivity index is 2.50. The molecular weight excluding hydrogens is 232 g/mol. The van der Waals surface area contributed by atoms with Gasteiger partial charge in [-0.05, 0) is 39.0 Å². The SMILES string of the molecule is CCN(CC)c1nc(=S)[nH]c2c1CCNCC2. The molecule has 0 aliphatic carbocycles. The fourth-order valence-electron chi connectivity index (χ4n) is 2.34. The molecule has 2 rings (SSSR count). The lowest BCUT2D eigenvalue weighted by atomic mass is 10.1. The molecule has 0 atom stereocenters. The molecule has 1 aromatic heterocycles. The van der Waals surface area contributed by atoms with Crippen molar-refractivity contribution in [1.29, 1.82) is 0 Å². The van der Waals surface area contributed by atoms with Crippen molar-refractivity contribution in [1.82, 2.24) is 15.3 Å². The maximum absolute atomic E-state index is 5.23. The number of anilines is 1. The van der Waals surface area contributed by atoms with Crippen LogP contribution in [-0.2, 0) is 12.8 Å². The van der Waals surface area contributed by atoms with Crippen molar-refractivity contribution >= 4 is 18.0 Å². The largest absolute Gasteiger partial charge is 0.357 e. The summed E-state index contributed by atoms with van der Waals surface area (Å²) in [5.41, 5.74) is 2.60. The highest BCUT2D eigenvalue weighted by molar-refractivity contribution is 7.71. The summed E-state index contributed by atoms with van der Waals surface area (Å²) in [4.78, 5) is 10.1. The van der Waals surface area contributed by atoms with Gasteiger partial charge in [0.15, 0.2) is 4.77 Å². The fraction of sp³-hybridized carbons (Fsp3) is 0.667. The Morgan fingerprint density at radius 2 is 1.94 bits per heavy atom. The van der Waals surface area contributed by atoms with E-state index in [4.69, 9.17) is 12.2 Å². The maximum atomic E-state index is 5.23. The number of nitrogens with one attached hydrogen (secondary N) is 2. The van der Waals surface area contributed by atoms with Gasteiger partial charge in [-0.25, -0.2) is 4.98 Å². The summed E-state index contributed by atoms with van der Waals surface area (Å²) < 4.78 is 0.604. The zero-order valence-corrected chi connectivity index (χ0v) is 11.4. The number of hydrogen-bond acceptors (Lipinski definition) is 4. The van der Waals surface area contributed by atoms with E-state index in [2.05, 4.69) is 34.0 Å². The summed E-state index contributed by atoms with van der Waals surface area (Å²) in [5, 5.41) is 3.42. The van der Waals surface area contributed by atoms with Crippen molar-refractivity contribution in [2.45, 2.75) is 26.7 Å². The fourth-order valence-corrected chi connectivity index (χ4v) is 2.55. The molecule has 0 radical (unpaired) electrons. The molecule has 5 heteroatoms.